The Bertz CT molecular complexity index is 3310. The molecule has 0 saturated carbocycles. The predicted molar refractivity (Wildman–Crippen MR) is 232 cm³/mol. The fraction of sp³-hybridized carbons (Fsp3) is 0.0189. The van der Waals surface area contributed by atoms with Crippen molar-refractivity contribution in [3.63, 3.8) is 0 Å². The van der Waals surface area contributed by atoms with E-state index < -0.39 is 15.3 Å². The lowest BCUT2D eigenvalue weighted by molar-refractivity contribution is 0.582. The average Bonchev–Trinajstić information content (AvgIpc) is 3.77. The van der Waals surface area contributed by atoms with Gasteiger partial charge < -0.3 is 4.57 Å². The topological polar surface area (TPSA) is 39.1 Å². The molecule has 0 atom stereocenters. The molecule has 2 aliphatic rings. The average molecular weight is 748 g/mol. The van der Waals surface area contributed by atoms with Crippen LogP contribution in [0.4, 0.5) is 0 Å². The van der Waals surface area contributed by atoms with Gasteiger partial charge in [0.25, 0.3) is 0 Å². The summed E-state index contributed by atoms with van der Waals surface area (Å²) in [5.74, 6) is 0. The van der Waals surface area contributed by atoms with E-state index >= 15 is 8.42 Å². The van der Waals surface area contributed by atoms with Crippen LogP contribution in [0.25, 0.3) is 71.6 Å². The van der Waals surface area contributed by atoms with E-state index in [0.29, 0.717) is 15.3 Å². The SMILES string of the molecule is O=S1(=O)c2ccccc2C2(c3ccccc3-c3ccccc32)c2c1c1c(c3ccccc23)c2ccccc2n1-c1cc(-c2ccccc2)cc(-c2ccccc2)c1. The Balaban J connectivity index is 1.34. The van der Waals surface area contributed by atoms with E-state index in [9.17, 15) is 0 Å². The van der Waals surface area contributed by atoms with Crippen molar-refractivity contribution < 1.29 is 8.42 Å². The van der Waals surface area contributed by atoms with E-state index in [1.165, 1.54) is 0 Å². The zero-order chi connectivity index (χ0) is 37.9. The summed E-state index contributed by atoms with van der Waals surface area (Å²) < 4.78 is 34.1. The molecule has 2 heterocycles. The Morgan fingerprint density at radius 2 is 0.912 bits per heavy atom. The monoisotopic (exact) mass is 747 g/mol. The van der Waals surface area contributed by atoms with E-state index in [4.69, 9.17) is 0 Å². The van der Waals surface area contributed by atoms with Gasteiger partial charge >= 0.3 is 0 Å². The molecule has 0 radical (unpaired) electrons. The molecule has 9 aromatic carbocycles. The highest BCUT2D eigenvalue weighted by Crippen LogP contribution is 2.63. The van der Waals surface area contributed by atoms with Gasteiger partial charge in [-0.1, -0.05) is 170 Å². The molecule has 1 spiro atoms. The molecule has 0 fully saturated rings. The minimum atomic E-state index is -4.11. The summed E-state index contributed by atoms with van der Waals surface area (Å²) in [5, 5.41) is 3.91. The Morgan fingerprint density at radius 1 is 0.421 bits per heavy atom. The first-order valence-corrected chi connectivity index (χ1v) is 20.8. The molecule has 10 aromatic rings. The summed E-state index contributed by atoms with van der Waals surface area (Å²) in [6.07, 6.45) is 0. The maximum absolute atomic E-state index is 15.9. The van der Waals surface area contributed by atoms with Crippen LogP contribution in [0, 0.1) is 0 Å². The number of rotatable bonds is 3. The second-order valence-electron chi connectivity index (χ2n) is 15.2. The Labute approximate surface area is 330 Å². The summed E-state index contributed by atoms with van der Waals surface area (Å²) in [5.41, 5.74) is 12.0. The fourth-order valence-electron chi connectivity index (χ4n) is 10.2. The Morgan fingerprint density at radius 3 is 1.54 bits per heavy atom. The molecule has 3 nitrogen and oxygen atoms in total. The van der Waals surface area contributed by atoms with Crippen LogP contribution >= 0.6 is 0 Å². The summed E-state index contributed by atoms with van der Waals surface area (Å²) in [6.45, 7) is 0. The number of hydrogen-bond acceptors (Lipinski definition) is 2. The summed E-state index contributed by atoms with van der Waals surface area (Å²) in [6, 6.07) is 69.2. The number of aromatic nitrogens is 1. The van der Waals surface area contributed by atoms with E-state index in [-0.39, 0.29) is 0 Å². The van der Waals surface area contributed by atoms with Crippen molar-refractivity contribution in [3.8, 4) is 39.1 Å². The van der Waals surface area contributed by atoms with Crippen LogP contribution in [-0.2, 0) is 15.3 Å². The van der Waals surface area contributed by atoms with Gasteiger partial charge in [0.2, 0.25) is 9.84 Å². The maximum Gasteiger partial charge on any atom is 0.209 e. The number of sulfone groups is 1. The van der Waals surface area contributed by atoms with Crippen LogP contribution in [0.5, 0.6) is 0 Å². The first-order chi connectivity index (χ1) is 28.1. The van der Waals surface area contributed by atoms with Crippen LogP contribution in [0.15, 0.2) is 210 Å². The lowest BCUT2D eigenvalue weighted by Gasteiger charge is -2.41. The van der Waals surface area contributed by atoms with Gasteiger partial charge in [0, 0.05) is 22.0 Å². The van der Waals surface area contributed by atoms with Crippen molar-refractivity contribution in [2.24, 2.45) is 0 Å². The van der Waals surface area contributed by atoms with Crippen molar-refractivity contribution >= 4 is 42.4 Å². The van der Waals surface area contributed by atoms with E-state index in [2.05, 4.69) is 168 Å². The van der Waals surface area contributed by atoms with Crippen molar-refractivity contribution in [2.75, 3.05) is 0 Å². The summed E-state index contributed by atoms with van der Waals surface area (Å²) in [4.78, 5) is 0.712. The Hall–Kier alpha value is -7.01. The zero-order valence-electron chi connectivity index (χ0n) is 30.7. The summed E-state index contributed by atoms with van der Waals surface area (Å²) in [7, 11) is -4.11. The molecule has 57 heavy (non-hydrogen) atoms. The summed E-state index contributed by atoms with van der Waals surface area (Å²) >= 11 is 0. The third-order valence-corrected chi connectivity index (χ3v) is 14.2. The minimum Gasteiger partial charge on any atom is -0.308 e. The highest BCUT2D eigenvalue weighted by Gasteiger charge is 2.55. The molecule has 0 N–H and O–H groups in total. The van der Waals surface area contributed by atoms with Gasteiger partial charge in [-0.15, -0.1) is 0 Å². The van der Waals surface area contributed by atoms with Gasteiger partial charge in [-0.25, -0.2) is 8.42 Å². The molecule has 4 heteroatoms. The molecule has 0 amide bonds. The number of hydrogen-bond donors (Lipinski definition) is 0. The third-order valence-electron chi connectivity index (χ3n) is 12.3. The van der Waals surface area contributed by atoms with Gasteiger partial charge in [-0.3, -0.25) is 0 Å². The molecule has 1 aliphatic heterocycles. The van der Waals surface area contributed by atoms with Crippen molar-refractivity contribution in [1.82, 2.24) is 4.57 Å². The second-order valence-corrected chi connectivity index (χ2v) is 17.0. The van der Waals surface area contributed by atoms with Gasteiger partial charge in [-0.05, 0) is 91.2 Å². The minimum absolute atomic E-state index is 0.348. The lowest BCUT2D eigenvalue weighted by Crippen LogP contribution is -2.36. The third kappa shape index (κ3) is 4.23. The molecule has 0 bridgehead atoms. The van der Waals surface area contributed by atoms with Gasteiger partial charge in [0.1, 0.15) is 4.90 Å². The van der Waals surface area contributed by atoms with E-state index in [1.54, 1.807) is 0 Å². The van der Waals surface area contributed by atoms with Crippen molar-refractivity contribution in [1.29, 1.82) is 0 Å². The molecule has 1 aliphatic carbocycles. The quantitative estimate of drug-likeness (QED) is 0.181. The number of fused-ring (bicyclic) bond motifs is 16. The molecule has 0 unspecified atom stereocenters. The van der Waals surface area contributed by atoms with E-state index in [0.717, 1.165) is 88.4 Å². The van der Waals surface area contributed by atoms with Crippen molar-refractivity contribution in [3.05, 3.63) is 222 Å². The molecule has 268 valence electrons. The Kier molecular flexibility index (Phi) is 6.65. The highest BCUT2D eigenvalue weighted by molar-refractivity contribution is 7.92. The van der Waals surface area contributed by atoms with E-state index in [1.807, 2.05) is 36.4 Å². The van der Waals surface area contributed by atoms with Crippen LogP contribution in [0.3, 0.4) is 0 Å². The van der Waals surface area contributed by atoms with Gasteiger partial charge in [0.15, 0.2) is 0 Å². The predicted octanol–water partition coefficient (Wildman–Crippen LogP) is 12.8. The normalized spacial score (nSPS) is 14.4. The second kappa shape index (κ2) is 11.8. The standard InChI is InChI=1S/C53H33NO2S/c55-57(56)48-30-16-14-28-46(48)53(44-26-12-9-21-39(44)40-22-10-13-27-45(40)53)50-42-24-8-7-23-41(42)49-43-25-11-15-29-47(43)54(51(49)52(50)57)38-32-36(34-17-3-1-4-18-34)31-37(33-38)35-19-5-2-6-20-35/h1-33H. The van der Waals surface area contributed by atoms with Crippen molar-refractivity contribution in [2.45, 2.75) is 15.2 Å². The molecule has 0 saturated heterocycles. The molecular formula is C53H33NO2S. The number of nitrogens with zero attached hydrogens (tertiary/aromatic N) is 1. The molecule has 1 aromatic heterocycles. The largest absolute Gasteiger partial charge is 0.308 e. The zero-order valence-corrected chi connectivity index (χ0v) is 31.5. The first-order valence-electron chi connectivity index (χ1n) is 19.4. The number of benzene rings is 9. The molecule has 12 rings (SSSR count). The lowest BCUT2D eigenvalue weighted by atomic mass is 9.66. The maximum atomic E-state index is 15.9. The van der Waals surface area contributed by atoms with Crippen LogP contribution in [0.2, 0.25) is 0 Å². The highest BCUT2D eigenvalue weighted by atomic mass is 32.2. The van der Waals surface area contributed by atoms with Crippen LogP contribution in [0.1, 0.15) is 22.3 Å². The fourth-order valence-corrected chi connectivity index (χ4v) is 12.1. The van der Waals surface area contributed by atoms with Crippen LogP contribution in [-0.4, -0.2) is 13.0 Å². The smallest absolute Gasteiger partial charge is 0.209 e. The number of para-hydroxylation sites is 1. The van der Waals surface area contributed by atoms with Gasteiger partial charge in [0.05, 0.1) is 21.3 Å². The molecular weight excluding hydrogens is 715 g/mol. The van der Waals surface area contributed by atoms with Gasteiger partial charge in [-0.2, -0.15) is 0 Å². The van der Waals surface area contributed by atoms with Crippen LogP contribution < -0.4 is 0 Å². The first kappa shape index (κ1) is 32.3.